The van der Waals surface area contributed by atoms with E-state index in [1.54, 1.807) is 32.7 Å². The number of hydrogen-bond acceptors (Lipinski definition) is 6. The Morgan fingerprint density at radius 1 is 1.22 bits per heavy atom. The molecular formula is C19H15ClN4O2S. The highest BCUT2D eigenvalue weighted by Crippen LogP contribution is 2.39. The average Bonchev–Trinajstić information content (AvgIpc) is 3.31. The molecule has 4 aromatic rings. The van der Waals surface area contributed by atoms with Gasteiger partial charge in [-0.1, -0.05) is 23.7 Å². The van der Waals surface area contributed by atoms with Crippen LogP contribution < -0.4 is 5.32 Å². The third kappa shape index (κ3) is 3.39. The molecule has 0 bridgehead atoms. The maximum Gasteiger partial charge on any atom is 0.275 e. The molecule has 4 rings (SSSR count). The predicted molar refractivity (Wildman–Crippen MR) is 108 cm³/mol. The normalized spacial score (nSPS) is 10.9. The molecule has 6 nitrogen and oxygen atoms in total. The van der Waals surface area contributed by atoms with E-state index < -0.39 is 0 Å². The number of amides is 1. The van der Waals surface area contributed by atoms with Gasteiger partial charge >= 0.3 is 0 Å². The van der Waals surface area contributed by atoms with Gasteiger partial charge in [0.2, 0.25) is 0 Å². The summed E-state index contributed by atoms with van der Waals surface area (Å²) in [4.78, 5) is 15.0. The Labute approximate surface area is 164 Å². The smallest absolute Gasteiger partial charge is 0.275 e. The van der Waals surface area contributed by atoms with E-state index >= 15 is 0 Å². The molecule has 136 valence electrons. The highest BCUT2D eigenvalue weighted by molar-refractivity contribution is 7.22. The second kappa shape index (κ2) is 7.02. The molecule has 0 unspecified atom stereocenters. The Morgan fingerprint density at radius 2 is 2.07 bits per heavy atom. The van der Waals surface area contributed by atoms with Gasteiger partial charge in [0.15, 0.2) is 11.5 Å². The quantitative estimate of drug-likeness (QED) is 0.520. The third-order valence-electron chi connectivity index (χ3n) is 3.95. The number of aromatic nitrogens is 2. The van der Waals surface area contributed by atoms with Crippen LogP contribution in [0.5, 0.6) is 0 Å². The SMILES string of the molecule is CN(C)C(=O)c1nnc(Nc2ccoc2)c2cc(-c3cccc(Cl)c3)sc12. The van der Waals surface area contributed by atoms with Gasteiger partial charge in [-0.25, -0.2) is 0 Å². The van der Waals surface area contributed by atoms with Crippen molar-refractivity contribution in [3.63, 3.8) is 0 Å². The molecule has 0 fully saturated rings. The van der Waals surface area contributed by atoms with Gasteiger partial charge in [-0.2, -0.15) is 0 Å². The number of halogens is 1. The molecule has 3 aromatic heterocycles. The largest absolute Gasteiger partial charge is 0.470 e. The number of hydrogen-bond donors (Lipinski definition) is 1. The number of carbonyl (C=O) groups is 1. The number of rotatable bonds is 4. The highest BCUT2D eigenvalue weighted by atomic mass is 35.5. The van der Waals surface area contributed by atoms with Crippen molar-refractivity contribution in [1.82, 2.24) is 15.1 Å². The third-order valence-corrected chi connectivity index (χ3v) is 5.38. The zero-order valence-electron chi connectivity index (χ0n) is 14.6. The molecule has 0 atom stereocenters. The van der Waals surface area contributed by atoms with Crippen molar-refractivity contribution in [1.29, 1.82) is 0 Å². The minimum Gasteiger partial charge on any atom is -0.470 e. The Hall–Kier alpha value is -2.90. The van der Waals surface area contributed by atoms with E-state index in [4.69, 9.17) is 16.0 Å². The molecule has 3 heterocycles. The first-order valence-electron chi connectivity index (χ1n) is 8.10. The molecule has 1 N–H and O–H groups in total. The highest BCUT2D eigenvalue weighted by Gasteiger charge is 2.21. The predicted octanol–water partition coefficient (Wildman–Crippen LogP) is 5.05. The van der Waals surface area contributed by atoms with Gasteiger partial charge in [0.05, 0.1) is 16.7 Å². The lowest BCUT2D eigenvalue weighted by atomic mass is 10.1. The molecule has 1 aromatic carbocycles. The lowest BCUT2D eigenvalue weighted by Crippen LogP contribution is -2.23. The molecule has 0 saturated carbocycles. The Balaban J connectivity index is 1.90. The lowest BCUT2D eigenvalue weighted by molar-refractivity contribution is 0.0823. The number of benzene rings is 1. The molecule has 0 aliphatic heterocycles. The number of nitrogens with one attached hydrogen (secondary N) is 1. The molecule has 8 heteroatoms. The van der Waals surface area contributed by atoms with Crippen LogP contribution >= 0.6 is 22.9 Å². The van der Waals surface area contributed by atoms with Crippen molar-refractivity contribution in [2.45, 2.75) is 0 Å². The fraction of sp³-hybridized carbons (Fsp3) is 0.105. The summed E-state index contributed by atoms with van der Waals surface area (Å²) in [5.74, 6) is 0.369. The van der Waals surface area contributed by atoms with Crippen LogP contribution in [0.3, 0.4) is 0 Å². The van der Waals surface area contributed by atoms with Gasteiger partial charge < -0.3 is 14.6 Å². The molecule has 27 heavy (non-hydrogen) atoms. The maximum atomic E-state index is 12.6. The molecule has 0 aliphatic carbocycles. The Morgan fingerprint density at radius 3 is 2.78 bits per heavy atom. The van der Waals surface area contributed by atoms with E-state index in [1.165, 1.54) is 16.2 Å². The van der Waals surface area contributed by atoms with Gasteiger partial charge in [0.1, 0.15) is 6.26 Å². The molecular weight excluding hydrogens is 384 g/mol. The van der Waals surface area contributed by atoms with Crippen LogP contribution in [0.1, 0.15) is 10.5 Å². The number of fused-ring (bicyclic) bond motifs is 1. The summed E-state index contributed by atoms with van der Waals surface area (Å²) in [5, 5.41) is 13.1. The molecule has 0 aliphatic rings. The van der Waals surface area contributed by atoms with Gasteiger partial charge in [0, 0.05) is 29.4 Å². The van der Waals surface area contributed by atoms with Crippen molar-refractivity contribution in [2.75, 3.05) is 19.4 Å². The second-order valence-corrected chi connectivity index (χ2v) is 7.59. The summed E-state index contributed by atoms with van der Waals surface area (Å²) in [5.41, 5.74) is 2.06. The van der Waals surface area contributed by atoms with Crippen LogP contribution in [-0.4, -0.2) is 35.1 Å². The zero-order valence-corrected chi connectivity index (χ0v) is 16.1. The topological polar surface area (TPSA) is 71.3 Å². The number of anilines is 2. The summed E-state index contributed by atoms with van der Waals surface area (Å²) < 4.78 is 5.86. The van der Waals surface area contributed by atoms with Gasteiger partial charge in [-0.3, -0.25) is 4.79 Å². The first-order valence-corrected chi connectivity index (χ1v) is 9.29. The van der Waals surface area contributed by atoms with Crippen LogP contribution in [0.15, 0.2) is 53.3 Å². The number of thiophene rings is 1. The summed E-state index contributed by atoms with van der Waals surface area (Å²) in [6.07, 6.45) is 3.15. The van der Waals surface area contributed by atoms with Crippen molar-refractivity contribution in [3.05, 3.63) is 59.6 Å². The van der Waals surface area contributed by atoms with E-state index in [0.717, 1.165) is 26.2 Å². The Kier molecular flexibility index (Phi) is 4.55. The van der Waals surface area contributed by atoms with Crippen LogP contribution in [0.4, 0.5) is 11.5 Å². The van der Waals surface area contributed by atoms with Crippen molar-refractivity contribution in [3.8, 4) is 10.4 Å². The van der Waals surface area contributed by atoms with Gasteiger partial charge in [-0.05, 0) is 29.8 Å². The van der Waals surface area contributed by atoms with E-state index in [1.807, 2.05) is 30.3 Å². The van der Waals surface area contributed by atoms with E-state index in [2.05, 4.69) is 15.5 Å². The lowest BCUT2D eigenvalue weighted by Gasteiger charge is -2.10. The van der Waals surface area contributed by atoms with Crippen LogP contribution in [0.25, 0.3) is 20.5 Å². The molecule has 0 saturated heterocycles. The fourth-order valence-electron chi connectivity index (χ4n) is 2.64. The van der Waals surface area contributed by atoms with Gasteiger partial charge in [0.25, 0.3) is 5.91 Å². The summed E-state index contributed by atoms with van der Waals surface area (Å²) in [6.45, 7) is 0. The minimum atomic E-state index is -0.193. The number of carbonyl (C=O) groups excluding carboxylic acids is 1. The van der Waals surface area contributed by atoms with E-state index in [-0.39, 0.29) is 5.91 Å². The average molecular weight is 399 g/mol. The molecule has 0 spiro atoms. The Bertz CT molecular complexity index is 1120. The first-order chi connectivity index (χ1) is 13.0. The van der Waals surface area contributed by atoms with Crippen LogP contribution in [0, 0.1) is 0 Å². The minimum absolute atomic E-state index is 0.193. The van der Waals surface area contributed by atoms with Crippen molar-refractivity contribution in [2.24, 2.45) is 0 Å². The number of furan rings is 1. The summed E-state index contributed by atoms with van der Waals surface area (Å²) >= 11 is 7.63. The zero-order chi connectivity index (χ0) is 19.0. The van der Waals surface area contributed by atoms with E-state index in [0.29, 0.717) is 16.5 Å². The number of nitrogens with zero attached hydrogens (tertiary/aromatic N) is 3. The van der Waals surface area contributed by atoms with Gasteiger partial charge in [-0.15, -0.1) is 21.5 Å². The standard InChI is InChI=1S/C19H15ClN4O2S/c1-24(2)19(25)16-17-14(18(23-22-16)21-13-6-7-26-10-13)9-15(27-17)11-4-3-5-12(20)8-11/h3-10H,1-2H3,(H,21,23). The van der Waals surface area contributed by atoms with Crippen LogP contribution in [0.2, 0.25) is 5.02 Å². The molecule has 0 radical (unpaired) electrons. The monoisotopic (exact) mass is 398 g/mol. The summed E-state index contributed by atoms with van der Waals surface area (Å²) in [6, 6.07) is 11.4. The second-order valence-electron chi connectivity index (χ2n) is 6.10. The maximum absolute atomic E-state index is 12.6. The van der Waals surface area contributed by atoms with Crippen molar-refractivity contribution >= 4 is 50.4 Å². The fourth-order valence-corrected chi connectivity index (χ4v) is 3.96. The summed E-state index contributed by atoms with van der Waals surface area (Å²) in [7, 11) is 3.39. The molecule has 1 amide bonds. The van der Waals surface area contributed by atoms with Crippen molar-refractivity contribution < 1.29 is 9.21 Å². The van der Waals surface area contributed by atoms with E-state index in [9.17, 15) is 4.79 Å². The van der Waals surface area contributed by atoms with Crippen LogP contribution in [-0.2, 0) is 0 Å². The first kappa shape index (κ1) is 17.5.